The van der Waals surface area contributed by atoms with Crippen molar-refractivity contribution in [3.05, 3.63) is 64.5 Å². The molecule has 4 rings (SSSR count). The van der Waals surface area contributed by atoms with Gasteiger partial charge in [0.05, 0.1) is 16.6 Å². The Bertz CT molecular complexity index is 1330. The van der Waals surface area contributed by atoms with Gasteiger partial charge in [-0.1, -0.05) is 30.3 Å². The van der Waals surface area contributed by atoms with Gasteiger partial charge in [0, 0.05) is 29.5 Å². The molecule has 1 saturated carbocycles. The molecule has 1 atom stereocenters. The highest BCUT2D eigenvalue weighted by molar-refractivity contribution is 7.89. The molecule has 3 aromatic rings. The molecule has 1 heterocycles. The van der Waals surface area contributed by atoms with Crippen molar-refractivity contribution < 1.29 is 18.0 Å². The van der Waals surface area contributed by atoms with Crippen LogP contribution in [0.2, 0.25) is 0 Å². The number of nitrogens with zero attached hydrogens (tertiary/aromatic N) is 1. The number of rotatable bonds is 8. The van der Waals surface area contributed by atoms with Gasteiger partial charge in [-0.2, -0.15) is 0 Å². The highest BCUT2D eigenvalue weighted by atomic mass is 32.2. The van der Waals surface area contributed by atoms with E-state index in [0.717, 1.165) is 24.0 Å². The highest BCUT2D eigenvalue weighted by Gasteiger charge is 2.28. The van der Waals surface area contributed by atoms with E-state index in [1.165, 1.54) is 30.4 Å². The Labute approximate surface area is 202 Å². The third-order valence-corrected chi connectivity index (χ3v) is 7.79. The molecule has 0 aliphatic heterocycles. The topological polar surface area (TPSA) is 117 Å². The fourth-order valence-corrected chi connectivity index (χ4v) is 5.51. The first-order chi connectivity index (χ1) is 16.1. The van der Waals surface area contributed by atoms with Gasteiger partial charge in [-0.3, -0.25) is 14.9 Å². The van der Waals surface area contributed by atoms with Crippen LogP contribution in [-0.4, -0.2) is 31.3 Å². The maximum absolute atomic E-state index is 12.9. The summed E-state index contributed by atoms with van der Waals surface area (Å²) in [5.41, 5.74) is 3.52. The summed E-state index contributed by atoms with van der Waals surface area (Å²) < 4.78 is 27.7. The number of aryl methyl sites for hydroxylation is 1. The maximum Gasteiger partial charge on any atom is 0.257 e. The number of carbonyl (C=O) groups excluding carboxylic acids is 2. The Morgan fingerprint density at radius 1 is 1.12 bits per heavy atom. The van der Waals surface area contributed by atoms with Crippen LogP contribution in [0.5, 0.6) is 0 Å². The van der Waals surface area contributed by atoms with E-state index in [-0.39, 0.29) is 28.4 Å². The Morgan fingerprint density at radius 3 is 2.47 bits per heavy atom. The summed E-state index contributed by atoms with van der Waals surface area (Å²) in [6.07, 6.45) is 1.67. The number of aromatic nitrogens is 1. The number of nitrogens with one attached hydrogen (secondary N) is 3. The van der Waals surface area contributed by atoms with Crippen molar-refractivity contribution in [2.24, 2.45) is 0 Å². The summed E-state index contributed by atoms with van der Waals surface area (Å²) in [7, 11) is -3.66. The molecule has 178 valence electrons. The Morgan fingerprint density at radius 2 is 1.82 bits per heavy atom. The maximum atomic E-state index is 12.9. The first-order valence-electron chi connectivity index (χ1n) is 10.9. The number of hydrogen-bond donors (Lipinski definition) is 3. The number of sulfonamides is 1. The molecule has 0 spiro atoms. The SMILES string of the molecule is CC(=O)NC(C)c1ccc(-c2csc(NC(=O)c3cc(S(=O)(=O)NC4CC4)ccc3C)n2)cc1. The normalized spacial score (nSPS) is 14.4. The van der Waals surface area contributed by atoms with Crippen molar-refractivity contribution in [1.29, 1.82) is 0 Å². The van der Waals surface area contributed by atoms with Gasteiger partial charge >= 0.3 is 0 Å². The Kier molecular flexibility index (Phi) is 6.83. The van der Waals surface area contributed by atoms with E-state index in [1.54, 1.807) is 13.0 Å². The zero-order chi connectivity index (χ0) is 24.5. The number of amides is 2. The van der Waals surface area contributed by atoms with Crippen molar-refractivity contribution in [2.45, 2.75) is 50.6 Å². The first-order valence-corrected chi connectivity index (χ1v) is 13.3. The molecule has 2 amide bonds. The predicted octanol–water partition coefficient (Wildman–Crippen LogP) is 4.01. The fraction of sp³-hybridized carbons (Fsp3) is 0.292. The second-order valence-electron chi connectivity index (χ2n) is 8.41. The minimum atomic E-state index is -3.66. The number of hydrogen-bond acceptors (Lipinski definition) is 6. The van der Waals surface area contributed by atoms with Gasteiger partial charge in [0.2, 0.25) is 15.9 Å². The van der Waals surface area contributed by atoms with Gasteiger partial charge in [-0.15, -0.1) is 11.3 Å². The van der Waals surface area contributed by atoms with Gasteiger partial charge in [0.25, 0.3) is 5.91 Å². The molecule has 0 radical (unpaired) electrons. The van der Waals surface area contributed by atoms with E-state index in [2.05, 4.69) is 20.3 Å². The van der Waals surface area contributed by atoms with Gasteiger partial charge in [-0.25, -0.2) is 18.1 Å². The van der Waals surface area contributed by atoms with Crippen LogP contribution in [-0.2, 0) is 14.8 Å². The molecule has 1 aliphatic carbocycles. The van der Waals surface area contributed by atoms with Crippen LogP contribution in [0.15, 0.2) is 52.7 Å². The second kappa shape index (κ2) is 9.65. The minimum absolute atomic E-state index is 0.0139. The van der Waals surface area contributed by atoms with Crippen LogP contribution in [0.1, 0.15) is 54.2 Å². The third kappa shape index (κ3) is 5.69. The zero-order valence-corrected chi connectivity index (χ0v) is 20.7. The molecule has 1 aliphatic rings. The molecular weight excluding hydrogens is 472 g/mol. The lowest BCUT2D eigenvalue weighted by Crippen LogP contribution is -2.26. The summed E-state index contributed by atoms with van der Waals surface area (Å²) in [6, 6.07) is 12.1. The van der Waals surface area contributed by atoms with E-state index >= 15 is 0 Å². The van der Waals surface area contributed by atoms with Gasteiger partial charge < -0.3 is 5.32 Å². The summed E-state index contributed by atoms with van der Waals surface area (Å²) in [4.78, 5) is 28.7. The smallest absolute Gasteiger partial charge is 0.257 e. The van der Waals surface area contributed by atoms with Crippen LogP contribution < -0.4 is 15.4 Å². The van der Waals surface area contributed by atoms with E-state index in [0.29, 0.717) is 16.4 Å². The van der Waals surface area contributed by atoms with E-state index < -0.39 is 15.9 Å². The Balaban J connectivity index is 1.47. The molecule has 1 fully saturated rings. The summed E-state index contributed by atoms with van der Waals surface area (Å²) >= 11 is 1.29. The lowest BCUT2D eigenvalue weighted by molar-refractivity contribution is -0.119. The average molecular weight is 499 g/mol. The average Bonchev–Trinajstić information content (AvgIpc) is 3.46. The summed E-state index contributed by atoms with van der Waals surface area (Å²) in [5, 5.41) is 7.88. The monoisotopic (exact) mass is 498 g/mol. The molecule has 3 N–H and O–H groups in total. The quantitative estimate of drug-likeness (QED) is 0.434. The van der Waals surface area contributed by atoms with E-state index in [1.807, 2.05) is 36.6 Å². The largest absolute Gasteiger partial charge is 0.350 e. The van der Waals surface area contributed by atoms with Crippen LogP contribution >= 0.6 is 11.3 Å². The molecule has 34 heavy (non-hydrogen) atoms. The van der Waals surface area contributed by atoms with Crippen molar-refractivity contribution in [2.75, 3.05) is 5.32 Å². The second-order valence-corrected chi connectivity index (χ2v) is 11.0. The summed E-state index contributed by atoms with van der Waals surface area (Å²) in [6.45, 7) is 5.16. The van der Waals surface area contributed by atoms with Crippen molar-refractivity contribution in [3.63, 3.8) is 0 Å². The molecule has 0 bridgehead atoms. The standard InChI is InChI=1S/C24H26N4O4S2/c1-14-4-11-20(34(31,32)28-19-9-10-19)12-21(14)23(30)27-24-26-22(13-33-24)18-7-5-17(6-8-18)15(2)25-16(3)29/h4-8,11-13,15,19,28H,9-10H2,1-3H3,(H,25,29)(H,26,27,30). The molecule has 1 unspecified atom stereocenters. The molecule has 0 saturated heterocycles. The van der Waals surface area contributed by atoms with Gasteiger partial charge in [0.1, 0.15) is 0 Å². The molecule has 8 nitrogen and oxygen atoms in total. The van der Waals surface area contributed by atoms with E-state index in [9.17, 15) is 18.0 Å². The van der Waals surface area contributed by atoms with Crippen LogP contribution in [0.25, 0.3) is 11.3 Å². The predicted molar refractivity (Wildman–Crippen MR) is 132 cm³/mol. The molecular formula is C24H26N4O4S2. The zero-order valence-electron chi connectivity index (χ0n) is 19.1. The van der Waals surface area contributed by atoms with Gasteiger partial charge in [-0.05, 0) is 49.9 Å². The highest BCUT2D eigenvalue weighted by Crippen LogP contribution is 2.27. The van der Waals surface area contributed by atoms with E-state index in [4.69, 9.17) is 0 Å². The van der Waals surface area contributed by atoms with Crippen LogP contribution in [0.4, 0.5) is 5.13 Å². The van der Waals surface area contributed by atoms with Crippen molar-refractivity contribution in [1.82, 2.24) is 15.0 Å². The van der Waals surface area contributed by atoms with Crippen LogP contribution in [0.3, 0.4) is 0 Å². The van der Waals surface area contributed by atoms with Crippen molar-refractivity contribution in [3.8, 4) is 11.3 Å². The lowest BCUT2D eigenvalue weighted by Gasteiger charge is -2.13. The minimum Gasteiger partial charge on any atom is -0.350 e. The van der Waals surface area contributed by atoms with Crippen molar-refractivity contribution >= 4 is 38.3 Å². The lowest BCUT2D eigenvalue weighted by atomic mass is 10.1. The molecule has 10 heteroatoms. The molecule has 2 aromatic carbocycles. The third-order valence-electron chi connectivity index (χ3n) is 5.51. The van der Waals surface area contributed by atoms with Crippen LogP contribution in [0, 0.1) is 6.92 Å². The summed E-state index contributed by atoms with van der Waals surface area (Å²) in [5.74, 6) is -0.504. The number of thiazole rings is 1. The fourth-order valence-electron chi connectivity index (χ4n) is 3.46. The number of benzene rings is 2. The van der Waals surface area contributed by atoms with Gasteiger partial charge in [0.15, 0.2) is 5.13 Å². The number of carbonyl (C=O) groups is 2. The molecule has 1 aromatic heterocycles. The Hall–Kier alpha value is -3.08. The number of anilines is 1. The first kappa shape index (κ1) is 24.1.